The van der Waals surface area contributed by atoms with Crippen molar-refractivity contribution in [2.75, 3.05) is 19.6 Å². The van der Waals surface area contributed by atoms with Crippen molar-refractivity contribution in [2.24, 2.45) is 11.7 Å². The maximum absolute atomic E-state index is 12.4. The second-order valence-corrected chi connectivity index (χ2v) is 6.38. The number of nitrogens with two attached hydrogens (primary N) is 1. The lowest BCUT2D eigenvalue weighted by Crippen LogP contribution is -2.61. The second-order valence-electron chi connectivity index (χ2n) is 6.38. The minimum atomic E-state index is -0.980. The number of carboxylic acid groups (broad SMARTS) is 1. The number of amides is 1. The van der Waals surface area contributed by atoms with Crippen molar-refractivity contribution in [1.82, 2.24) is 9.80 Å². The van der Waals surface area contributed by atoms with Gasteiger partial charge in [0.2, 0.25) is 5.91 Å². The van der Waals surface area contributed by atoms with Gasteiger partial charge in [-0.2, -0.15) is 0 Å². The molecule has 0 saturated carbocycles. The Labute approximate surface area is 136 Å². The van der Waals surface area contributed by atoms with E-state index in [0.717, 1.165) is 5.56 Å². The van der Waals surface area contributed by atoms with Crippen LogP contribution < -0.4 is 5.73 Å². The Kier molecular flexibility index (Phi) is 5.74. The van der Waals surface area contributed by atoms with Gasteiger partial charge in [-0.3, -0.25) is 9.69 Å². The standard InChI is InChI=1S/C17H25N3O3/c1-12(2)15(18)16(21)20-9-8-19(11-14(20)17(22)23)10-13-6-4-3-5-7-13/h3-7,12,14-15H,8-11,18H2,1-2H3,(H,22,23)/t14-,15-/m0/s1. The van der Waals surface area contributed by atoms with Crippen LogP contribution in [0, 0.1) is 5.92 Å². The molecule has 6 heteroatoms. The third-order valence-electron chi connectivity index (χ3n) is 4.29. The van der Waals surface area contributed by atoms with Crippen molar-refractivity contribution in [3.63, 3.8) is 0 Å². The molecule has 0 unspecified atom stereocenters. The van der Waals surface area contributed by atoms with Crippen LogP contribution in [0.15, 0.2) is 30.3 Å². The van der Waals surface area contributed by atoms with Crippen molar-refractivity contribution in [3.05, 3.63) is 35.9 Å². The molecule has 0 spiro atoms. The summed E-state index contributed by atoms with van der Waals surface area (Å²) in [5.41, 5.74) is 7.05. The lowest BCUT2D eigenvalue weighted by atomic mass is 10.0. The molecule has 1 heterocycles. The highest BCUT2D eigenvalue weighted by molar-refractivity contribution is 5.87. The number of hydrogen-bond acceptors (Lipinski definition) is 4. The van der Waals surface area contributed by atoms with Gasteiger partial charge in [0.15, 0.2) is 0 Å². The maximum Gasteiger partial charge on any atom is 0.327 e. The number of carbonyl (C=O) groups excluding carboxylic acids is 1. The second kappa shape index (κ2) is 7.57. The van der Waals surface area contributed by atoms with Crippen molar-refractivity contribution in [3.8, 4) is 0 Å². The number of carbonyl (C=O) groups is 2. The summed E-state index contributed by atoms with van der Waals surface area (Å²) < 4.78 is 0. The number of hydrogen-bond donors (Lipinski definition) is 2. The summed E-state index contributed by atoms with van der Waals surface area (Å²) in [6.45, 7) is 5.77. The highest BCUT2D eigenvalue weighted by Crippen LogP contribution is 2.16. The van der Waals surface area contributed by atoms with E-state index < -0.39 is 18.1 Å². The highest BCUT2D eigenvalue weighted by atomic mass is 16.4. The fraction of sp³-hybridized carbons (Fsp3) is 0.529. The molecular weight excluding hydrogens is 294 g/mol. The van der Waals surface area contributed by atoms with Crippen LogP contribution in [-0.2, 0) is 16.1 Å². The van der Waals surface area contributed by atoms with Gasteiger partial charge in [0, 0.05) is 26.2 Å². The number of rotatable bonds is 5. The molecule has 0 radical (unpaired) electrons. The molecule has 23 heavy (non-hydrogen) atoms. The molecule has 1 aliphatic heterocycles. The van der Waals surface area contributed by atoms with Gasteiger partial charge in [-0.1, -0.05) is 44.2 Å². The maximum atomic E-state index is 12.4. The smallest absolute Gasteiger partial charge is 0.327 e. The molecule has 1 aromatic carbocycles. The summed E-state index contributed by atoms with van der Waals surface area (Å²) in [5, 5.41) is 9.50. The molecule has 0 aromatic heterocycles. The van der Waals surface area contributed by atoms with E-state index in [1.165, 1.54) is 4.90 Å². The Morgan fingerprint density at radius 1 is 1.26 bits per heavy atom. The Hall–Kier alpha value is -1.92. The van der Waals surface area contributed by atoms with Crippen LogP contribution >= 0.6 is 0 Å². The number of piperazine rings is 1. The van der Waals surface area contributed by atoms with Gasteiger partial charge in [0.25, 0.3) is 0 Å². The molecule has 126 valence electrons. The molecule has 1 aliphatic rings. The van der Waals surface area contributed by atoms with Gasteiger partial charge < -0.3 is 15.7 Å². The minimum Gasteiger partial charge on any atom is -0.480 e. The molecule has 1 fully saturated rings. The van der Waals surface area contributed by atoms with Crippen molar-refractivity contribution in [1.29, 1.82) is 0 Å². The summed E-state index contributed by atoms with van der Waals surface area (Å²) >= 11 is 0. The zero-order chi connectivity index (χ0) is 17.0. The van der Waals surface area contributed by atoms with Crippen LogP contribution in [0.3, 0.4) is 0 Å². The first-order valence-electron chi connectivity index (χ1n) is 7.95. The highest BCUT2D eigenvalue weighted by Gasteiger charge is 2.37. The zero-order valence-electron chi connectivity index (χ0n) is 13.7. The van der Waals surface area contributed by atoms with Crippen molar-refractivity contribution in [2.45, 2.75) is 32.5 Å². The zero-order valence-corrected chi connectivity index (χ0v) is 13.7. The van der Waals surface area contributed by atoms with E-state index in [-0.39, 0.29) is 11.8 Å². The average Bonchev–Trinajstić information content (AvgIpc) is 2.54. The van der Waals surface area contributed by atoms with Gasteiger partial charge in [-0.15, -0.1) is 0 Å². The molecule has 2 atom stereocenters. The number of aliphatic carboxylic acids is 1. The molecule has 1 amide bonds. The Bertz CT molecular complexity index is 547. The van der Waals surface area contributed by atoms with Crippen LogP contribution in [0.2, 0.25) is 0 Å². The van der Waals surface area contributed by atoms with Crippen LogP contribution in [0.25, 0.3) is 0 Å². The predicted molar refractivity (Wildman–Crippen MR) is 87.7 cm³/mol. The summed E-state index contributed by atoms with van der Waals surface area (Å²) in [6.07, 6.45) is 0. The van der Waals surface area contributed by atoms with Gasteiger partial charge in [-0.25, -0.2) is 4.79 Å². The topological polar surface area (TPSA) is 86.9 Å². The quantitative estimate of drug-likeness (QED) is 0.837. The molecule has 1 aromatic rings. The van der Waals surface area contributed by atoms with E-state index in [1.54, 1.807) is 0 Å². The summed E-state index contributed by atoms with van der Waals surface area (Å²) in [6, 6.07) is 8.41. The van der Waals surface area contributed by atoms with E-state index in [9.17, 15) is 14.7 Å². The predicted octanol–water partition coefficient (Wildman–Crippen LogP) is 0.767. The fourth-order valence-electron chi connectivity index (χ4n) is 2.78. The molecule has 2 rings (SSSR count). The van der Waals surface area contributed by atoms with Gasteiger partial charge in [-0.05, 0) is 11.5 Å². The Morgan fingerprint density at radius 2 is 1.91 bits per heavy atom. The first-order chi connectivity index (χ1) is 10.9. The number of benzene rings is 1. The van der Waals surface area contributed by atoms with Gasteiger partial charge >= 0.3 is 5.97 Å². The monoisotopic (exact) mass is 319 g/mol. The minimum absolute atomic E-state index is 0.0145. The molecular formula is C17H25N3O3. The first-order valence-corrected chi connectivity index (χ1v) is 7.95. The van der Waals surface area contributed by atoms with E-state index >= 15 is 0 Å². The summed E-state index contributed by atoms with van der Waals surface area (Å²) in [4.78, 5) is 27.5. The lowest BCUT2D eigenvalue weighted by molar-refractivity contribution is -0.155. The lowest BCUT2D eigenvalue weighted by Gasteiger charge is -2.40. The van der Waals surface area contributed by atoms with Crippen LogP contribution in [0.4, 0.5) is 0 Å². The van der Waals surface area contributed by atoms with Crippen LogP contribution in [0.5, 0.6) is 0 Å². The van der Waals surface area contributed by atoms with E-state index in [2.05, 4.69) is 4.90 Å². The molecule has 3 N–H and O–H groups in total. The average molecular weight is 319 g/mol. The number of nitrogens with zero attached hydrogens (tertiary/aromatic N) is 2. The molecule has 0 bridgehead atoms. The Morgan fingerprint density at radius 3 is 2.48 bits per heavy atom. The first kappa shape index (κ1) is 17.4. The van der Waals surface area contributed by atoms with Crippen molar-refractivity contribution < 1.29 is 14.7 Å². The van der Waals surface area contributed by atoms with E-state index in [4.69, 9.17) is 5.73 Å². The van der Waals surface area contributed by atoms with Gasteiger partial charge in [0.05, 0.1) is 6.04 Å². The van der Waals surface area contributed by atoms with E-state index in [0.29, 0.717) is 26.2 Å². The van der Waals surface area contributed by atoms with E-state index in [1.807, 2.05) is 44.2 Å². The molecule has 0 aliphatic carbocycles. The fourth-order valence-corrected chi connectivity index (χ4v) is 2.78. The molecule has 1 saturated heterocycles. The third-order valence-corrected chi connectivity index (χ3v) is 4.29. The normalized spacial score (nSPS) is 20.5. The summed E-state index contributed by atoms with van der Waals surface area (Å²) in [7, 11) is 0. The largest absolute Gasteiger partial charge is 0.480 e. The van der Waals surface area contributed by atoms with Gasteiger partial charge in [0.1, 0.15) is 6.04 Å². The third kappa shape index (κ3) is 4.30. The number of carboxylic acids is 1. The SMILES string of the molecule is CC(C)[C@H](N)C(=O)N1CCN(Cc2ccccc2)C[C@H]1C(=O)O. The summed E-state index contributed by atoms with van der Waals surface area (Å²) in [5.74, 6) is -1.27. The van der Waals surface area contributed by atoms with Crippen molar-refractivity contribution >= 4 is 11.9 Å². The van der Waals surface area contributed by atoms with Crippen LogP contribution in [0.1, 0.15) is 19.4 Å². The Balaban J connectivity index is 2.06. The van der Waals surface area contributed by atoms with Crippen LogP contribution in [-0.4, -0.2) is 58.5 Å². The molecule has 6 nitrogen and oxygen atoms in total.